The van der Waals surface area contributed by atoms with Crippen LogP contribution in [0, 0.1) is 0 Å². The van der Waals surface area contributed by atoms with Gasteiger partial charge in [-0.1, -0.05) is 17.7 Å². The largest absolute Gasteiger partial charge is 0.489 e. The first-order chi connectivity index (χ1) is 12.7. The van der Waals surface area contributed by atoms with Crippen molar-refractivity contribution in [3.63, 3.8) is 0 Å². The number of benzene rings is 2. The van der Waals surface area contributed by atoms with Gasteiger partial charge in [0.05, 0.1) is 18.2 Å². The minimum atomic E-state index is 0.153. The second-order valence-corrected chi connectivity index (χ2v) is 6.87. The fourth-order valence-electron chi connectivity index (χ4n) is 3.10. The predicted octanol–water partition coefficient (Wildman–Crippen LogP) is 4.12. The summed E-state index contributed by atoms with van der Waals surface area (Å²) in [6.07, 6.45) is 0.861. The molecule has 138 valence electrons. The lowest BCUT2D eigenvalue weighted by atomic mass is 10.1. The van der Waals surface area contributed by atoms with Gasteiger partial charge in [0.15, 0.2) is 23.0 Å². The molecule has 0 radical (unpaired) electrons. The van der Waals surface area contributed by atoms with Crippen molar-refractivity contribution in [2.24, 2.45) is 0 Å². The fraction of sp³-hybridized carbons (Fsp3) is 0.400. The number of rotatable bonds is 4. The van der Waals surface area contributed by atoms with Crippen LogP contribution in [-0.4, -0.2) is 26.4 Å². The third kappa shape index (κ3) is 3.69. The van der Waals surface area contributed by atoms with Gasteiger partial charge in [0.2, 0.25) is 0 Å². The molecule has 2 heterocycles. The quantitative estimate of drug-likeness (QED) is 0.871. The first-order valence-electron chi connectivity index (χ1n) is 8.91. The molecular weight excluding hydrogens is 354 g/mol. The van der Waals surface area contributed by atoms with Crippen LogP contribution in [0.2, 0.25) is 5.02 Å². The summed E-state index contributed by atoms with van der Waals surface area (Å²) in [6.45, 7) is 5.26. The van der Waals surface area contributed by atoms with E-state index >= 15 is 0 Å². The van der Waals surface area contributed by atoms with Crippen LogP contribution < -0.4 is 24.3 Å². The van der Waals surface area contributed by atoms with Gasteiger partial charge in [0.1, 0.15) is 13.2 Å². The molecule has 1 unspecified atom stereocenters. The molecule has 0 aliphatic carbocycles. The Morgan fingerprint density at radius 3 is 2.58 bits per heavy atom. The Morgan fingerprint density at radius 1 is 0.923 bits per heavy atom. The summed E-state index contributed by atoms with van der Waals surface area (Å²) < 4.78 is 22.7. The zero-order chi connectivity index (χ0) is 17.9. The highest BCUT2D eigenvalue weighted by Crippen LogP contribution is 2.38. The van der Waals surface area contributed by atoms with Crippen molar-refractivity contribution < 1.29 is 18.9 Å². The van der Waals surface area contributed by atoms with Crippen LogP contribution in [0.15, 0.2) is 30.3 Å². The molecule has 6 heteroatoms. The summed E-state index contributed by atoms with van der Waals surface area (Å²) in [4.78, 5) is 0. The van der Waals surface area contributed by atoms with Crippen molar-refractivity contribution in [1.29, 1.82) is 0 Å². The van der Waals surface area contributed by atoms with E-state index in [4.69, 9.17) is 30.5 Å². The topological polar surface area (TPSA) is 49.0 Å². The van der Waals surface area contributed by atoms with Gasteiger partial charge in [-0.05, 0) is 42.3 Å². The van der Waals surface area contributed by atoms with Gasteiger partial charge < -0.3 is 24.3 Å². The summed E-state index contributed by atoms with van der Waals surface area (Å²) in [7, 11) is 0. The monoisotopic (exact) mass is 375 g/mol. The Hall–Kier alpha value is -2.11. The first kappa shape index (κ1) is 17.3. The maximum absolute atomic E-state index is 6.37. The van der Waals surface area contributed by atoms with Crippen molar-refractivity contribution in [3.8, 4) is 23.0 Å². The average molecular weight is 376 g/mol. The molecule has 2 aromatic rings. The molecule has 0 bridgehead atoms. The summed E-state index contributed by atoms with van der Waals surface area (Å²) >= 11 is 6.37. The van der Waals surface area contributed by atoms with E-state index in [2.05, 4.69) is 18.3 Å². The summed E-state index contributed by atoms with van der Waals surface area (Å²) in [5.41, 5.74) is 2.21. The number of fused-ring (bicyclic) bond motifs is 2. The number of halogens is 1. The molecule has 0 aromatic heterocycles. The van der Waals surface area contributed by atoms with Gasteiger partial charge in [-0.15, -0.1) is 0 Å². The SMILES string of the molecule is CC(NCc1cc(Cl)c2c(c1)OCCCO2)c1ccc2c(c1)OCCO2. The lowest BCUT2D eigenvalue weighted by Gasteiger charge is -2.21. The second kappa shape index (κ2) is 7.64. The maximum Gasteiger partial charge on any atom is 0.179 e. The van der Waals surface area contributed by atoms with Crippen LogP contribution in [0.3, 0.4) is 0 Å². The van der Waals surface area contributed by atoms with Crippen LogP contribution in [0.25, 0.3) is 0 Å². The molecule has 2 aromatic carbocycles. The Bertz CT molecular complexity index is 796. The number of ether oxygens (including phenoxy) is 4. The number of hydrogen-bond donors (Lipinski definition) is 1. The molecule has 0 saturated heterocycles. The number of hydrogen-bond acceptors (Lipinski definition) is 5. The van der Waals surface area contributed by atoms with Crippen molar-refractivity contribution in [3.05, 3.63) is 46.5 Å². The fourth-order valence-corrected chi connectivity index (χ4v) is 3.39. The molecule has 5 nitrogen and oxygen atoms in total. The normalized spacial score (nSPS) is 16.7. The van der Waals surface area contributed by atoms with Crippen LogP contribution >= 0.6 is 11.6 Å². The van der Waals surface area contributed by atoms with Gasteiger partial charge in [-0.2, -0.15) is 0 Å². The summed E-state index contributed by atoms with van der Waals surface area (Å²) in [5, 5.41) is 4.11. The van der Waals surface area contributed by atoms with Crippen LogP contribution in [0.5, 0.6) is 23.0 Å². The first-order valence-corrected chi connectivity index (χ1v) is 9.29. The van der Waals surface area contributed by atoms with Crippen molar-refractivity contribution in [2.75, 3.05) is 26.4 Å². The van der Waals surface area contributed by atoms with E-state index < -0.39 is 0 Å². The highest BCUT2D eigenvalue weighted by molar-refractivity contribution is 6.32. The van der Waals surface area contributed by atoms with Crippen molar-refractivity contribution in [2.45, 2.75) is 25.9 Å². The van der Waals surface area contributed by atoms with E-state index in [0.717, 1.165) is 34.8 Å². The van der Waals surface area contributed by atoms with Gasteiger partial charge in [-0.25, -0.2) is 0 Å². The molecule has 1 atom stereocenters. The lowest BCUT2D eigenvalue weighted by Crippen LogP contribution is -2.19. The van der Waals surface area contributed by atoms with E-state index in [1.54, 1.807) is 0 Å². The van der Waals surface area contributed by atoms with Gasteiger partial charge in [0, 0.05) is 19.0 Å². The van der Waals surface area contributed by atoms with Gasteiger partial charge >= 0.3 is 0 Å². The van der Waals surface area contributed by atoms with E-state index in [1.807, 2.05) is 24.3 Å². The molecule has 4 rings (SSSR count). The molecule has 1 N–H and O–H groups in total. The van der Waals surface area contributed by atoms with Gasteiger partial charge in [-0.3, -0.25) is 0 Å². The van der Waals surface area contributed by atoms with Crippen LogP contribution in [0.4, 0.5) is 0 Å². The van der Waals surface area contributed by atoms with Crippen LogP contribution in [-0.2, 0) is 6.54 Å². The molecule has 0 amide bonds. The predicted molar refractivity (Wildman–Crippen MR) is 99.7 cm³/mol. The molecule has 0 fully saturated rings. The zero-order valence-corrected chi connectivity index (χ0v) is 15.5. The Morgan fingerprint density at radius 2 is 1.69 bits per heavy atom. The van der Waals surface area contributed by atoms with E-state index in [-0.39, 0.29) is 6.04 Å². The highest BCUT2D eigenvalue weighted by atomic mass is 35.5. The Kier molecular flexibility index (Phi) is 5.09. The van der Waals surface area contributed by atoms with Crippen molar-refractivity contribution >= 4 is 11.6 Å². The molecule has 0 spiro atoms. The zero-order valence-electron chi connectivity index (χ0n) is 14.7. The third-order valence-electron chi connectivity index (χ3n) is 4.54. The highest BCUT2D eigenvalue weighted by Gasteiger charge is 2.17. The second-order valence-electron chi connectivity index (χ2n) is 6.46. The lowest BCUT2D eigenvalue weighted by molar-refractivity contribution is 0.171. The maximum atomic E-state index is 6.37. The minimum Gasteiger partial charge on any atom is -0.489 e. The molecular formula is C20H22ClNO4. The van der Waals surface area contributed by atoms with E-state index in [0.29, 0.717) is 43.7 Å². The molecule has 0 saturated carbocycles. The summed E-state index contributed by atoms with van der Waals surface area (Å²) in [5.74, 6) is 2.98. The van der Waals surface area contributed by atoms with Crippen molar-refractivity contribution in [1.82, 2.24) is 5.32 Å². The van der Waals surface area contributed by atoms with Gasteiger partial charge in [0.25, 0.3) is 0 Å². The molecule has 2 aliphatic rings. The standard InChI is InChI=1S/C20H22ClNO4/c1-13(15-3-4-17-18(11-15)25-8-7-24-17)22-12-14-9-16(21)20-19(10-14)23-5-2-6-26-20/h3-4,9-11,13,22H,2,5-8,12H2,1H3. The smallest absolute Gasteiger partial charge is 0.179 e. The van der Waals surface area contributed by atoms with E-state index in [1.165, 1.54) is 0 Å². The Balaban J connectivity index is 1.45. The Labute approximate surface area is 158 Å². The average Bonchev–Trinajstić information content (AvgIpc) is 2.91. The third-order valence-corrected chi connectivity index (χ3v) is 4.82. The molecule has 26 heavy (non-hydrogen) atoms. The number of nitrogens with one attached hydrogen (secondary N) is 1. The molecule has 2 aliphatic heterocycles. The minimum absolute atomic E-state index is 0.153. The van der Waals surface area contributed by atoms with Crippen LogP contribution in [0.1, 0.15) is 30.5 Å². The van der Waals surface area contributed by atoms with E-state index in [9.17, 15) is 0 Å². The summed E-state index contributed by atoms with van der Waals surface area (Å²) in [6, 6.07) is 10.1.